The molecule has 0 bridgehead atoms. The van der Waals surface area contributed by atoms with Crippen LogP contribution in [0, 0.1) is 0 Å². The summed E-state index contributed by atoms with van der Waals surface area (Å²) in [6.45, 7) is 6.15. The van der Waals surface area contributed by atoms with Crippen LogP contribution in [0.25, 0.3) is 0 Å². The van der Waals surface area contributed by atoms with Gasteiger partial charge in [0.15, 0.2) is 17.3 Å². The summed E-state index contributed by atoms with van der Waals surface area (Å²) in [4.78, 5) is 26.1. The summed E-state index contributed by atoms with van der Waals surface area (Å²) in [5, 5.41) is 0. The van der Waals surface area contributed by atoms with Gasteiger partial charge in [0.25, 0.3) is 0 Å². The van der Waals surface area contributed by atoms with Crippen LogP contribution >= 0.6 is 0 Å². The topological polar surface area (TPSA) is 55.8 Å². The zero-order valence-electron chi connectivity index (χ0n) is 16.4. The third-order valence-electron chi connectivity index (χ3n) is 4.93. The zero-order chi connectivity index (χ0) is 19.1. The monoisotopic (exact) mass is 361 g/mol. The van der Waals surface area contributed by atoms with Gasteiger partial charge in [-0.1, -0.05) is 12.8 Å². The number of nitrogens with zero attached hydrogens (tertiary/aromatic N) is 1. The molecule has 0 saturated heterocycles. The summed E-state index contributed by atoms with van der Waals surface area (Å²) in [5.41, 5.74) is 0.591. The molecule has 144 valence electrons. The highest BCUT2D eigenvalue weighted by Crippen LogP contribution is 2.29. The van der Waals surface area contributed by atoms with Crippen molar-refractivity contribution < 1.29 is 19.1 Å². The Morgan fingerprint density at radius 3 is 2.46 bits per heavy atom. The molecule has 2 rings (SSSR count). The van der Waals surface area contributed by atoms with Crippen LogP contribution in [0.1, 0.15) is 69.7 Å². The lowest BCUT2D eigenvalue weighted by atomic mass is 10.1. The molecule has 1 aliphatic carbocycles. The van der Waals surface area contributed by atoms with E-state index < -0.39 is 0 Å². The fourth-order valence-electron chi connectivity index (χ4n) is 3.64. The lowest BCUT2D eigenvalue weighted by Crippen LogP contribution is -2.43. The Hall–Kier alpha value is -2.04. The second kappa shape index (κ2) is 9.60. The van der Waals surface area contributed by atoms with Gasteiger partial charge in [-0.15, -0.1) is 0 Å². The smallest absolute Gasteiger partial charge is 0.223 e. The largest absolute Gasteiger partial charge is 0.493 e. The van der Waals surface area contributed by atoms with E-state index in [-0.39, 0.29) is 17.7 Å². The van der Waals surface area contributed by atoms with Gasteiger partial charge in [-0.2, -0.15) is 0 Å². The van der Waals surface area contributed by atoms with E-state index in [0.717, 1.165) is 12.8 Å². The minimum atomic E-state index is -0.0128. The fraction of sp³-hybridized carbons (Fsp3) is 0.619. The predicted molar refractivity (Wildman–Crippen MR) is 102 cm³/mol. The first-order chi connectivity index (χ1) is 12.4. The minimum Gasteiger partial charge on any atom is -0.493 e. The van der Waals surface area contributed by atoms with Crippen LogP contribution < -0.4 is 9.47 Å². The van der Waals surface area contributed by atoms with E-state index in [0.29, 0.717) is 42.6 Å². The van der Waals surface area contributed by atoms with Crippen LogP contribution in [0.4, 0.5) is 0 Å². The van der Waals surface area contributed by atoms with Gasteiger partial charge < -0.3 is 14.4 Å². The molecule has 26 heavy (non-hydrogen) atoms. The Balaban J connectivity index is 1.85. The molecule has 1 aliphatic rings. The Morgan fingerprint density at radius 1 is 1.19 bits per heavy atom. The maximum absolute atomic E-state index is 12.6. The molecule has 1 saturated carbocycles. The predicted octanol–water partition coefficient (Wildman–Crippen LogP) is 4.24. The van der Waals surface area contributed by atoms with E-state index in [4.69, 9.17) is 9.47 Å². The van der Waals surface area contributed by atoms with Crippen LogP contribution in [-0.4, -0.2) is 42.4 Å². The number of Topliss-reactive ketones (excluding diaryl/α,β-unsaturated/α-hetero) is 1. The van der Waals surface area contributed by atoms with Crippen LogP contribution in [0.3, 0.4) is 0 Å². The first-order valence-corrected chi connectivity index (χ1v) is 9.57. The van der Waals surface area contributed by atoms with Gasteiger partial charge in [0.1, 0.15) is 0 Å². The van der Waals surface area contributed by atoms with E-state index >= 15 is 0 Å². The highest BCUT2D eigenvalue weighted by molar-refractivity contribution is 5.94. The number of hydrogen-bond acceptors (Lipinski definition) is 4. The van der Waals surface area contributed by atoms with E-state index in [1.165, 1.54) is 19.8 Å². The van der Waals surface area contributed by atoms with Gasteiger partial charge in [-0.3, -0.25) is 9.59 Å². The minimum absolute atomic E-state index is 0.0128. The first-order valence-electron chi connectivity index (χ1n) is 9.57. The number of carbonyl (C=O) groups excluding carboxylic acids is 2. The van der Waals surface area contributed by atoms with E-state index in [1.807, 2.05) is 0 Å². The molecule has 5 heteroatoms. The third kappa shape index (κ3) is 5.23. The van der Waals surface area contributed by atoms with Gasteiger partial charge in [-0.25, -0.2) is 0 Å². The quantitative estimate of drug-likeness (QED) is 0.488. The molecule has 1 aromatic carbocycles. The third-order valence-corrected chi connectivity index (χ3v) is 4.93. The van der Waals surface area contributed by atoms with Gasteiger partial charge in [0.05, 0.1) is 13.7 Å². The summed E-state index contributed by atoms with van der Waals surface area (Å²) in [6, 6.07) is 5.81. The van der Waals surface area contributed by atoms with Crippen molar-refractivity contribution in [2.75, 3.05) is 13.7 Å². The van der Waals surface area contributed by atoms with E-state index in [1.54, 1.807) is 25.3 Å². The molecule has 0 unspecified atom stereocenters. The number of amides is 1. The number of methoxy groups -OCH3 is 1. The molecular weight excluding hydrogens is 330 g/mol. The Labute approximate surface area is 156 Å². The van der Waals surface area contributed by atoms with Crippen molar-refractivity contribution in [2.45, 2.75) is 71.4 Å². The molecule has 5 nitrogen and oxygen atoms in total. The molecule has 0 aromatic heterocycles. The van der Waals surface area contributed by atoms with Crippen molar-refractivity contribution in [1.82, 2.24) is 4.90 Å². The average molecular weight is 361 g/mol. The zero-order valence-corrected chi connectivity index (χ0v) is 16.4. The number of benzene rings is 1. The van der Waals surface area contributed by atoms with Gasteiger partial charge in [0.2, 0.25) is 5.91 Å². The maximum Gasteiger partial charge on any atom is 0.223 e. The fourth-order valence-corrected chi connectivity index (χ4v) is 3.64. The molecule has 0 N–H and O–H groups in total. The summed E-state index contributed by atoms with van der Waals surface area (Å²) >= 11 is 0. The number of rotatable bonds is 9. The van der Waals surface area contributed by atoms with Gasteiger partial charge in [0, 0.05) is 24.1 Å². The van der Waals surface area contributed by atoms with Gasteiger partial charge >= 0.3 is 0 Å². The molecule has 1 amide bonds. The Kier molecular flexibility index (Phi) is 7.49. The Morgan fingerprint density at radius 2 is 1.88 bits per heavy atom. The number of ketones is 1. The molecule has 0 heterocycles. The summed E-state index contributed by atoms with van der Waals surface area (Å²) in [6.07, 6.45) is 5.84. The van der Waals surface area contributed by atoms with Crippen LogP contribution in [0.2, 0.25) is 0 Å². The molecular formula is C21H31NO4. The molecule has 0 radical (unpaired) electrons. The van der Waals surface area contributed by atoms with Crippen LogP contribution in [0.15, 0.2) is 18.2 Å². The number of ether oxygens (including phenoxy) is 2. The van der Waals surface area contributed by atoms with Crippen molar-refractivity contribution in [2.24, 2.45) is 0 Å². The standard InChI is InChI=1S/C21H31NO4/c1-15(2)22(18-8-5-6-9-18)21(24)10-7-13-26-19-12-11-17(16(3)23)14-20(19)25-4/h11-12,14-15,18H,5-10,13H2,1-4H3. The molecule has 0 spiro atoms. The lowest BCUT2D eigenvalue weighted by molar-refractivity contribution is -0.135. The molecule has 0 atom stereocenters. The summed E-state index contributed by atoms with van der Waals surface area (Å²) in [5.74, 6) is 1.34. The Bertz CT molecular complexity index is 620. The second-order valence-electron chi connectivity index (χ2n) is 7.21. The molecule has 0 aliphatic heterocycles. The molecule has 1 fully saturated rings. The highest BCUT2D eigenvalue weighted by atomic mass is 16.5. The van der Waals surface area contributed by atoms with Crippen molar-refractivity contribution in [3.05, 3.63) is 23.8 Å². The molecule has 1 aromatic rings. The van der Waals surface area contributed by atoms with Crippen molar-refractivity contribution in [3.63, 3.8) is 0 Å². The SMILES string of the molecule is COc1cc(C(C)=O)ccc1OCCCC(=O)N(C(C)C)C1CCCC1. The summed E-state index contributed by atoms with van der Waals surface area (Å²) in [7, 11) is 1.55. The highest BCUT2D eigenvalue weighted by Gasteiger charge is 2.28. The van der Waals surface area contributed by atoms with Crippen LogP contribution in [-0.2, 0) is 4.79 Å². The lowest BCUT2D eigenvalue weighted by Gasteiger charge is -2.33. The van der Waals surface area contributed by atoms with E-state index in [2.05, 4.69) is 18.7 Å². The normalized spacial score (nSPS) is 14.5. The average Bonchev–Trinajstić information content (AvgIpc) is 3.12. The van der Waals surface area contributed by atoms with E-state index in [9.17, 15) is 9.59 Å². The van der Waals surface area contributed by atoms with Crippen molar-refractivity contribution in [3.8, 4) is 11.5 Å². The van der Waals surface area contributed by atoms with Crippen molar-refractivity contribution >= 4 is 11.7 Å². The van der Waals surface area contributed by atoms with Crippen molar-refractivity contribution in [1.29, 1.82) is 0 Å². The van der Waals surface area contributed by atoms with Gasteiger partial charge in [-0.05, 0) is 58.2 Å². The second-order valence-corrected chi connectivity index (χ2v) is 7.21. The summed E-state index contributed by atoms with van der Waals surface area (Å²) < 4.78 is 11.1. The van der Waals surface area contributed by atoms with Crippen LogP contribution in [0.5, 0.6) is 11.5 Å². The first kappa shape index (κ1) is 20.3. The number of hydrogen-bond donors (Lipinski definition) is 0. The number of carbonyl (C=O) groups is 2. The maximum atomic E-state index is 12.6.